The summed E-state index contributed by atoms with van der Waals surface area (Å²) in [5, 5.41) is 0.987. The van der Waals surface area contributed by atoms with Crippen molar-refractivity contribution in [2.45, 2.75) is 46.0 Å². The van der Waals surface area contributed by atoms with Crippen LogP contribution in [-0.2, 0) is 24.1 Å². The average Bonchev–Trinajstić information content (AvgIpc) is 2.90. The minimum absolute atomic E-state index is 0.257. The summed E-state index contributed by atoms with van der Waals surface area (Å²) < 4.78 is 10.7. The molecule has 1 aromatic heterocycles. The average molecular weight is 286 g/mol. The maximum Gasteiger partial charge on any atom is 0.339 e. The van der Waals surface area contributed by atoms with Crippen LogP contribution in [0.3, 0.4) is 0 Å². The molecule has 4 heteroatoms. The zero-order chi connectivity index (χ0) is 15.0. The van der Waals surface area contributed by atoms with Gasteiger partial charge in [-0.05, 0) is 42.9 Å². The second-order valence-corrected chi connectivity index (χ2v) is 5.50. The van der Waals surface area contributed by atoms with E-state index in [-0.39, 0.29) is 11.6 Å². The van der Waals surface area contributed by atoms with Gasteiger partial charge < -0.3 is 9.15 Å². The van der Waals surface area contributed by atoms with Crippen molar-refractivity contribution in [1.82, 2.24) is 0 Å². The molecule has 0 unspecified atom stereocenters. The van der Waals surface area contributed by atoms with Crippen molar-refractivity contribution in [3.8, 4) is 5.75 Å². The van der Waals surface area contributed by atoms with Crippen LogP contribution >= 0.6 is 0 Å². The molecule has 1 aromatic carbocycles. The highest BCUT2D eigenvalue weighted by Crippen LogP contribution is 2.32. The molecule has 110 valence electrons. The molecule has 1 heterocycles. The number of hydrogen-bond acceptors (Lipinski definition) is 4. The van der Waals surface area contributed by atoms with E-state index >= 15 is 0 Å². The number of esters is 1. The Morgan fingerprint density at radius 3 is 2.76 bits per heavy atom. The smallest absolute Gasteiger partial charge is 0.339 e. The van der Waals surface area contributed by atoms with Crippen molar-refractivity contribution in [3.05, 3.63) is 39.2 Å². The third-order valence-corrected chi connectivity index (χ3v) is 3.93. The summed E-state index contributed by atoms with van der Waals surface area (Å²) in [7, 11) is 0. The van der Waals surface area contributed by atoms with Crippen molar-refractivity contribution in [3.63, 3.8) is 0 Å². The lowest BCUT2D eigenvalue weighted by atomic mass is 10.0. The summed E-state index contributed by atoms with van der Waals surface area (Å²) in [6.07, 6.45) is 4.48. The lowest BCUT2D eigenvalue weighted by Gasteiger charge is -2.11. The maximum absolute atomic E-state index is 12.0. The molecule has 1 aliphatic carbocycles. The molecule has 0 fully saturated rings. The molecule has 3 rings (SSSR count). The van der Waals surface area contributed by atoms with Crippen LogP contribution in [0.1, 0.15) is 43.4 Å². The maximum atomic E-state index is 12.0. The van der Waals surface area contributed by atoms with Gasteiger partial charge in [-0.1, -0.05) is 13.3 Å². The van der Waals surface area contributed by atoms with Gasteiger partial charge in [0.15, 0.2) is 0 Å². The van der Waals surface area contributed by atoms with E-state index in [0.29, 0.717) is 11.3 Å². The summed E-state index contributed by atoms with van der Waals surface area (Å²) in [5.41, 5.74) is 3.16. The number of ether oxygens (including phenoxy) is 1. The Kier molecular flexibility index (Phi) is 3.53. The number of carbonyl (C=O) groups is 1. The first-order valence-corrected chi connectivity index (χ1v) is 7.40. The molecule has 2 aromatic rings. The Balaban J connectivity index is 2.25. The van der Waals surface area contributed by atoms with Gasteiger partial charge in [-0.2, -0.15) is 0 Å². The number of benzene rings is 1. The highest BCUT2D eigenvalue weighted by molar-refractivity contribution is 5.85. The summed E-state index contributed by atoms with van der Waals surface area (Å²) in [4.78, 5) is 23.2. The quantitative estimate of drug-likeness (QED) is 0.494. The van der Waals surface area contributed by atoms with Crippen molar-refractivity contribution in [2.24, 2.45) is 0 Å². The standard InChI is InChI=1S/C17H18O4/c1-3-5-11-8-14-12-6-4-7-13(12)17(19)21-16(14)9-15(11)20-10(2)18/h8-9H,3-7H2,1-2H3. The molecule has 0 aliphatic heterocycles. The zero-order valence-corrected chi connectivity index (χ0v) is 12.3. The van der Waals surface area contributed by atoms with Gasteiger partial charge in [-0.25, -0.2) is 4.79 Å². The predicted octanol–water partition coefficient (Wildman–Crippen LogP) is 3.16. The van der Waals surface area contributed by atoms with Crippen LogP contribution in [0.15, 0.2) is 21.3 Å². The molecule has 21 heavy (non-hydrogen) atoms. The number of aryl methyl sites for hydroxylation is 2. The van der Waals surface area contributed by atoms with E-state index < -0.39 is 0 Å². The number of fused-ring (bicyclic) bond motifs is 3. The molecule has 0 amide bonds. The lowest BCUT2D eigenvalue weighted by Crippen LogP contribution is -2.08. The van der Waals surface area contributed by atoms with E-state index in [9.17, 15) is 9.59 Å². The molecular weight excluding hydrogens is 268 g/mol. The normalized spacial score (nSPS) is 13.4. The van der Waals surface area contributed by atoms with E-state index in [1.165, 1.54) is 6.92 Å². The summed E-state index contributed by atoms with van der Waals surface area (Å²) >= 11 is 0. The van der Waals surface area contributed by atoms with Crippen LogP contribution in [0.2, 0.25) is 0 Å². The van der Waals surface area contributed by atoms with Gasteiger partial charge in [0.2, 0.25) is 0 Å². The fourth-order valence-corrected chi connectivity index (χ4v) is 3.07. The first-order chi connectivity index (χ1) is 10.1. The second kappa shape index (κ2) is 5.35. The van der Waals surface area contributed by atoms with Crippen LogP contribution in [0, 0.1) is 0 Å². The Hall–Kier alpha value is -2.10. The van der Waals surface area contributed by atoms with Crippen LogP contribution in [0.4, 0.5) is 0 Å². The topological polar surface area (TPSA) is 56.5 Å². The minimum atomic E-state index is -0.366. The summed E-state index contributed by atoms with van der Waals surface area (Å²) in [6.45, 7) is 3.45. The Labute approximate surface area is 122 Å². The number of rotatable bonds is 3. The van der Waals surface area contributed by atoms with E-state index in [1.54, 1.807) is 6.07 Å². The monoisotopic (exact) mass is 286 g/mol. The molecule has 1 aliphatic rings. The van der Waals surface area contributed by atoms with Gasteiger partial charge in [0.05, 0.1) is 0 Å². The molecule has 0 spiro atoms. The van der Waals surface area contributed by atoms with Gasteiger partial charge in [0, 0.05) is 23.9 Å². The Bertz CT molecular complexity index is 770. The fourth-order valence-electron chi connectivity index (χ4n) is 3.07. The van der Waals surface area contributed by atoms with Crippen molar-refractivity contribution >= 4 is 16.9 Å². The van der Waals surface area contributed by atoms with Crippen LogP contribution in [-0.4, -0.2) is 5.97 Å². The third kappa shape index (κ3) is 2.46. The highest BCUT2D eigenvalue weighted by Gasteiger charge is 2.21. The van der Waals surface area contributed by atoms with Crippen molar-refractivity contribution < 1.29 is 13.9 Å². The van der Waals surface area contributed by atoms with Gasteiger partial charge in [-0.15, -0.1) is 0 Å². The van der Waals surface area contributed by atoms with Crippen LogP contribution in [0.25, 0.3) is 11.0 Å². The van der Waals surface area contributed by atoms with E-state index in [0.717, 1.165) is 54.2 Å². The summed E-state index contributed by atoms with van der Waals surface area (Å²) in [5.74, 6) is 0.133. The first-order valence-electron chi connectivity index (χ1n) is 7.40. The summed E-state index contributed by atoms with van der Waals surface area (Å²) in [6, 6.07) is 3.70. The lowest BCUT2D eigenvalue weighted by molar-refractivity contribution is -0.131. The van der Waals surface area contributed by atoms with Gasteiger partial charge >= 0.3 is 11.6 Å². The van der Waals surface area contributed by atoms with Crippen molar-refractivity contribution in [1.29, 1.82) is 0 Å². The molecular formula is C17H18O4. The molecule has 0 radical (unpaired) electrons. The SMILES string of the molecule is CCCc1cc2c3c(c(=O)oc2cc1OC(C)=O)CCC3. The van der Waals surface area contributed by atoms with E-state index in [1.807, 2.05) is 6.07 Å². The van der Waals surface area contributed by atoms with Crippen LogP contribution < -0.4 is 10.4 Å². The number of hydrogen-bond donors (Lipinski definition) is 0. The third-order valence-electron chi connectivity index (χ3n) is 3.93. The number of carbonyl (C=O) groups excluding carboxylic acids is 1. The predicted molar refractivity (Wildman–Crippen MR) is 79.8 cm³/mol. The van der Waals surface area contributed by atoms with Crippen molar-refractivity contribution in [2.75, 3.05) is 0 Å². The Morgan fingerprint density at radius 2 is 2.05 bits per heavy atom. The van der Waals surface area contributed by atoms with Gasteiger partial charge in [0.25, 0.3) is 0 Å². The molecule has 0 saturated carbocycles. The largest absolute Gasteiger partial charge is 0.426 e. The Morgan fingerprint density at radius 1 is 1.29 bits per heavy atom. The molecule has 0 atom stereocenters. The van der Waals surface area contributed by atoms with E-state index in [2.05, 4.69) is 6.92 Å². The minimum Gasteiger partial charge on any atom is -0.426 e. The molecule has 4 nitrogen and oxygen atoms in total. The van der Waals surface area contributed by atoms with Gasteiger partial charge in [-0.3, -0.25) is 4.79 Å². The fraction of sp³-hybridized carbons (Fsp3) is 0.412. The first kappa shape index (κ1) is 13.9. The molecule has 0 saturated heterocycles. The zero-order valence-electron chi connectivity index (χ0n) is 12.3. The van der Waals surface area contributed by atoms with Crippen LogP contribution in [0.5, 0.6) is 5.75 Å². The van der Waals surface area contributed by atoms with Gasteiger partial charge in [0.1, 0.15) is 11.3 Å². The highest BCUT2D eigenvalue weighted by atomic mass is 16.5. The molecule has 0 N–H and O–H groups in total. The van der Waals surface area contributed by atoms with E-state index in [4.69, 9.17) is 9.15 Å². The second-order valence-electron chi connectivity index (χ2n) is 5.50. The molecule has 0 bridgehead atoms.